The fraction of sp³-hybridized carbons (Fsp3) is 0.769. The first kappa shape index (κ1) is 17.4. The summed E-state index contributed by atoms with van der Waals surface area (Å²) >= 11 is 0. The van der Waals surface area contributed by atoms with Crippen molar-refractivity contribution < 1.29 is 19.5 Å². The van der Waals surface area contributed by atoms with Crippen molar-refractivity contribution in [3.63, 3.8) is 0 Å². The van der Waals surface area contributed by atoms with Gasteiger partial charge >= 0.3 is 5.97 Å². The molecule has 0 heterocycles. The van der Waals surface area contributed by atoms with Gasteiger partial charge in [-0.3, -0.25) is 9.59 Å². The highest BCUT2D eigenvalue weighted by Gasteiger charge is 2.23. The zero-order chi connectivity index (χ0) is 15.0. The van der Waals surface area contributed by atoms with Crippen LogP contribution in [0.25, 0.3) is 0 Å². The molecule has 0 spiro atoms. The van der Waals surface area contributed by atoms with E-state index in [-0.39, 0.29) is 24.7 Å². The van der Waals surface area contributed by atoms with Crippen LogP contribution >= 0.6 is 0 Å². The third-order valence-corrected chi connectivity index (χ3v) is 2.93. The summed E-state index contributed by atoms with van der Waals surface area (Å²) in [5.74, 6) is -1.74. The van der Waals surface area contributed by atoms with E-state index in [4.69, 9.17) is 5.11 Å². The number of rotatable bonds is 8. The Bertz CT molecular complexity index is 325. The summed E-state index contributed by atoms with van der Waals surface area (Å²) in [5.41, 5.74) is 0. The molecule has 19 heavy (non-hydrogen) atoms. The maximum absolute atomic E-state index is 11.7. The summed E-state index contributed by atoms with van der Waals surface area (Å²) in [6, 6.07) is -0.906. The molecule has 0 aromatic carbocycles. The number of amides is 2. The van der Waals surface area contributed by atoms with Gasteiger partial charge in [0.15, 0.2) is 0 Å². The minimum Gasteiger partial charge on any atom is -0.480 e. The first-order valence-electron chi connectivity index (χ1n) is 6.63. The van der Waals surface area contributed by atoms with Crippen LogP contribution in [0.4, 0.5) is 0 Å². The Hall–Kier alpha value is -1.59. The number of carboxylic acids is 1. The van der Waals surface area contributed by atoms with Crippen molar-refractivity contribution in [1.82, 2.24) is 10.2 Å². The minimum atomic E-state index is -1.06. The fourth-order valence-electron chi connectivity index (χ4n) is 1.71. The van der Waals surface area contributed by atoms with Crippen LogP contribution in [-0.2, 0) is 14.4 Å². The Balaban J connectivity index is 4.25. The van der Waals surface area contributed by atoms with Gasteiger partial charge in [-0.1, -0.05) is 13.8 Å². The van der Waals surface area contributed by atoms with Gasteiger partial charge in [0.2, 0.25) is 11.8 Å². The molecular weight excluding hydrogens is 248 g/mol. The summed E-state index contributed by atoms with van der Waals surface area (Å²) in [4.78, 5) is 35.9. The minimum absolute atomic E-state index is 0.0197. The number of nitrogens with one attached hydrogen (secondary N) is 1. The normalized spacial score (nSPS) is 12.1. The van der Waals surface area contributed by atoms with Crippen molar-refractivity contribution in [2.45, 2.75) is 46.6 Å². The zero-order valence-corrected chi connectivity index (χ0v) is 12.1. The van der Waals surface area contributed by atoms with Crippen molar-refractivity contribution in [3.05, 3.63) is 0 Å². The quantitative estimate of drug-likeness (QED) is 0.686. The molecule has 110 valence electrons. The Morgan fingerprint density at radius 2 is 1.63 bits per heavy atom. The van der Waals surface area contributed by atoms with Crippen molar-refractivity contribution in [2.24, 2.45) is 5.92 Å². The average Bonchev–Trinajstić information content (AvgIpc) is 2.34. The third-order valence-electron chi connectivity index (χ3n) is 2.93. The summed E-state index contributed by atoms with van der Waals surface area (Å²) in [6.07, 6.45) is 0.129. The van der Waals surface area contributed by atoms with Crippen LogP contribution in [0.5, 0.6) is 0 Å². The number of carboxylic acid groups (broad SMARTS) is 1. The third kappa shape index (κ3) is 6.22. The first-order valence-corrected chi connectivity index (χ1v) is 6.63. The Morgan fingerprint density at radius 3 is 2.00 bits per heavy atom. The topological polar surface area (TPSA) is 86.7 Å². The van der Waals surface area contributed by atoms with E-state index in [9.17, 15) is 14.4 Å². The van der Waals surface area contributed by atoms with Crippen molar-refractivity contribution in [1.29, 1.82) is 0 Å². The first-order chi connectivity index (χ1) is 8.83. The fourth-order valence-corrected chi connectivity index (χ4v) is 1.71. The lowest BCUT2D eigenvalue weighted by Gasteiger charge is -2.20. The summed E-state index contributed by atoms with van der Waals surface area (Å²) < 4.78 is 0. The number of hydrogen-bond donors (Lipinski definition) is 2. The second-order valence-electron chi connectivity index (χ2n) is 4.69. The number of nitrogens with zero attached hydrogens (tertiary/aromatic N) is 1. The summed E-state index contributed by atoms with van der Waals surface area (Å²) in [6.45, 7) is 8.42. The lowest BCUT2D eigenvalue weighted by molar-refractivity contribution is -0.143. The Kier molecular flexibility index (Phi) is 7.79. The van der Waals surface area contributed by atoms with Crippen molar-refractivity contribution in [3.8, 4) is 0 Å². The van der Waals surface area contributed by atoms with Crippen molar-refractivity contribution in [2.75, 3.05) is 13.1 Å². The van der Waals surface area contributed by atoms with Crippen LogP contribution < -0.4 is 5.32 Å². The van der Waals surface area contributed by atoms with Gasteiger partial charge in [-0.05, 0) is 19.8 Å². The van der Waals surface area contributed by atoms with Gasteiger partial charge in [0.25, 0.3) is 0 Å². The lowest BCUT2D eigenvalue weighted by Crippen LogP contribution is -2.44. The molecule has 0 saturated heterocycles. The van der Waals surface area contributed by atoms with Crippen molar-refractivity contribution >= 4 is 17.8 Å². The highest BCUT2D eigenvalue weighted by atomic mass is 16.4. The molecule has 0 radical (unpaired) electrons. The largest absolute Gasteiger partial charge is 0.480 e. The van der Waals surface area contributed by atoms with Gasteiger partial charge in [0, 0.05) is 25.9 Å². The van der Waals surface area contributed by atoms with E-state index in [2.05, 4.69) is 5.32 Å². The summed E-state index contributed by atoms with van der Waals surface area (Å²) in [5, 5.41) is 11.4. The van der Waals surface area contributed by atoms with E-state index in [1.807, 2.05) is 13.8 Å². The monoisotopic (exact) mass is 272 g/mol. The van der Waals surface area contributed by atoms with Gasteiger partial charge in [-0.15, -0.1) is 0 Å². The van der Waals surface area contributed by atoms with Gasteiger partial charge in [0.1, 0.15) is 6.04 Å². The van der Waals surface area contributed by atoms with Gasteiger partial charge in [0.05, 0.1) is 0 Å². The molecule has 0 aliphatic carbocycles. The molecule has 0 aliphatic heterocycles. The van der Waals surface area contributed by atoms with Gasteiger partial charge in [-0.25, -0.2) is 4.79 Å². The molecule has 0 unspecified atom stereocenters. The molecule has 0 bridgehead atoms. The summed E-state index contributed by atoms with van der Waals surface area (Å²) in [7, 11) is 0. The highest BCUT2D eigenvalue weighted by molar-refractivity contribution is 5.87. The predicted molar refractivity (Wildman–Crippen MR) is 71.6 cm³/mol. The number of hydrogen-bond acceptors (Lipinski definition) is 3. The molecule has 2 N–H and O–H groups in total. The second-order valence-corrected chi connectivity index (χ2v) is 4.69. The van der Waals surface area contributed by atoms with E-state index < -0.39 is 17.9 Å². The van der Waals surface area contributed by atoms with Crippen LogP contribution in [0.2, 0.25) is 0 Å². The van der Waals surface area contributed by atoms with Crippen LogP contribution in [0.1, 0.15) is 40.5 Å². The van der Waals surface area contributed by atoms with Gasteiger partial charge in [-0.2, -0.15) is 0 Å². The number of aliphatic carboxylic acids is 1. The zero-order valence-electron chi connectivity index (χ0n) is 12.1. The van der Waals surface area contributed by atoms with Crippen LogP contribution in [-0.4, -0.2) is 46.9 Å². The smallest absolute Gasteiger partial charge is 0.326 e. The molecule has 0 rings (SSSR count). The average molecular weight is 272 g/mol. The molecule has 6 nitrogen and oxygen atoms in total. The lowest BCUT2D eigenvalue weighted by atomic mass is 10.0. The number of carbonyl (C=O) groups excluding carboxylic acids is 2. The molecule has 0 saturated carbocycles. The highest BCUT2D eigenvalue weighted by Crippen LogP contribution is 2.03. The van der Waals surface area contributed by atoms with E-state index in [0.717, 1.165) is 0 Å². The maximum atomic E-state index is 11.7. The maximum Gasteiger partial charge on any atom is 0.326 e. The SMILES string of the molecule is CCN(CC)C(=O)CCC(=O)N[C@@H](C(=O)O)C(C)C. The van der Waals surface area contributed by atoms with E-state index in [0.29, 0.717) is 13.1 Å². The standard InChI is InChI=1S/C13H24N2O4/c1-5-15(6-2)11(17)8-7-10(16)14-12(9(3)4)13(18)19/h9,12H,5-8H2,1-4H3,(H,14,16)(H,18,19)/t12-/m1/s1. The Morgan fingerprint density at radius 1 is 1.11 bits per heavy atom. The molecule has 1 atom stereocenters. The molecule has 6 heteroatoms. The predicted octanol–water partition coefficient (Wildman–Crippen LogP) is 0.860. The van der Waals surface area contributed by atoms with E-state index >= 15 is 0 Å². The molecule has 0 aliphatic rings. The van der Waals surface area contributed by atoms with E-state index in [1.165, 1.54) is 0 Å². The van der Waals surface area contributed by atoms with Crippen LogP contribution in [0, 0.1) is 5.92 Å². The second kappa shape index (κ2) is 8.50. The van der Waals surface area contributed by atoms with Crippen LogP contribution in [0.15, 0.2) is 0 Å². The molecule has 0 fully saturated rings. The Labute approximate surface area is 114 Å². The molecular formula is C13H24N2O4. The van der Waals surface area contributed by atoms with Crippen LogP contribution in [0.3, 0.4) is 0 Å². The number of carbonyl (C=O) groups is 3. The molecule has 0 aromatic rings. The van der Waals surface area contributed by atoms with Gasteiger partial charge < -0.3 is 15.3 Å². The molecule has 0 aromatic heterocycles. The molecule has 2 amide bonds. The van der Waals surface area contributed by atoms with E-state index in [1.54, 1.807) is 18.7 Å².